The quantitative estimate of drug-likeness (QED) is 0.521. The Hall–Kier alpha value is -0.480. The van der Waals surface area contributed by atoms with E-state index in [2.05, 4.69) is 38.7 Å². The molecule has 0 aliphatic heterocycles. The average Bonchev–Trinajstić information content (AvgIpc) is 1.89. The van der Waals surface area contributed by atoms with E-state index in [1.54, 1.807) is 0 Å². The molecule has 0 aromatic carbocycles. The van der Waals surface area contributed by atoms with E-state index in [-0.39, 0.29) is 0 Å². The largest absolute Gasteiger partial charge is 0.129 e. The molecule has 0 rings (SSSR count). The Labute approximate surface area is 64.6 Å². The fraction of sp³-hybridized carbons (Fsp3) is 0.700. The maximum atomic E-state index is 3.17. The molecule has 0 aromatic rings. The Morgan fingerprint density at radius 3 is 2.60 bits per heavy atom. The van der Waals surface area contributed by atoms with Crippen molar-refractivity contribution in [2.24, 2.45) is 5.92 Å². The highest BCUT2D eigenvalue weighted by Crippen LogP contribution is 2.04. The lowest BCUT2D eigenvalue weighted by molar-refractivity contribution is 0.635. The van der Waals surface area contributed by atoms with Crippen LogP contribution in [-0.4, -0.2) is 0 Å². The van der Waals surface area contributed by atoms with Gasteiger partial charge in [-0.05, 0) is 30.9 Å². The van der Waals surface area contributed by atoms with Crippen LogP contribution in [0.25, 0.3) is 0 Å². The smallest absolute Gasteiger partial charge is 0.0186 e. The molecule has 0 saturated heterocycles. The number of hydrogen-bond donors (Lipinski definition) is 0. The average molecular weight is 138 g/mol. The van der Waals surface area contributed by atoms with Crippen molar-refractivity contribution in [3.05, 3.63) is 17.9 Å². The molecule has 0 amide bonds. The van der Waals surface area contributed by atoms with Gasteiger partial charge in [0.15, 0.2) is 0 Å². The SMILES string of the molecule is CCC=C=CC(C)CCC. The fourth-order valence-electron chi connectivity index (χ4n) is 0.889. The summed E-state index contributed by atoms with van der Waals surface area (Å²) in [6.07, 6.45) is 7.88. The first-order valence-corrected chi connectivity index (χ1v) is 4.22. The molecule has 10 heavy (non-hydrogen) atoms. The van der Waals surface area contributed by atoms with Gasteiger partial charge < -0.3 is 0 Å². The third kappa shape index (κ3) is 5.65. The first kappa shape index (κ1) is 9.52. The van der Waals surface area contributed by atoms with Gasteiger partial charge in [-0.25, -0.2) is 0 Å². The molecule has 0 heterocycles. The number of allylic oxidation sites excluding steroid dienone is 1. The molecular weight excluding hydrogens is 120 g/mol. The zero-order chi connectivity index (χ0) is 7.82. The van der Waals surface area contributed by atoms with Crippen LogP contribution in [-0.2, 0) is 0 Å². The first-order valence-electron chi connectivity index (χ1n) is 4.22. The van der Waals surface area contributed by atoms with E-state index in [9.17, 15) is 0 Å². The van der Waals surface area contributed by atoms with E-state index >= 15 is 0 Å². The van der Waals surface area contributed by atoms with Crippen LogP contribution in [0, 0.1) is 5.92 Å². The van der Waals surface area contributed by atoms with Crippen LogP contribution in [0.1, 0.15) is 40.0 Å². The zero-order valence-electron chi connectivity index (χ0n) is 7.35. The molecule has 1 atom stereocenters. The van der Waals surface area contributed by atoms with Crippen molar-refractivity contribution in [3.63, 3.8) is 0 Å². The summed E-state index contributed by atoms with van der Waals surface area (Å²) >= 11 is 0. The normalized spacial score (nSPS) is 11.9. The van der Waals surface area contributed by atoms with E-state index in [1.807, 2.05) is 0 Å². The van der Waals surface area contributed by atoms with Crippen LogP contribution in [0.4, 0.5) is 0 Å². The Balaban J connectivity index is 3.54. The fourth-order valence-corrected chi connectivity index (χ4v) is 0.889. The summed E-state index contributed by atoms with van der Waals surface area (Å²) in [5.41, 5.74) is 3.17. The number of rotatable bonds is 4. The Morgan fingerprint density at radius 1 is 1.40 bits per heavy atom. The lowest BCUT2D eigenvalue weighted by Gasteiger charge is -1.98. The van der Waals surface area contributed by atoms with Gasteiger partial charge in [0.25, 0.3) is 0 Å². The van der Waals surface area contributed by atoms with E-state index < -0.39 is 0 Å². The summed E-state index contributed by atoms with van der Waals surface area (Å²) < 4.78 is 0. The molecule has 0 N–H and O–H groups in total. The Morgan fingerprint density at radius 2 is 2.10 bits per heavy atom. The highest BCUT2D eigenvalue weighted by Gasteiger charge is 1.90. The van der Waals surface area contributed by atoms with Gasteiger partial charge in [-0.3, -0.25) is 0 Å². The third-order valence-corrected chi connectivity index (χ3v) is 1.45. The maximum Gasteiger partial charge on any atom is -0.0186 e. The second kappa shape index (κ2) is 6.64. The van der Waals surface area contributed by atoms with Crippen molar-refractivity contribution in [1.82, 2.24) is 0 Å². The zero-order valence-corrected chi connectivity index (χ0v) is 7.35. The van der Waals surface area contributed by atoms with Crippen molar-refractivity contribution >= 4 is 0 Å². The minimum Gasteiger partial charge on any atom is -0.129 e. The lowest BCUT2D eigenvalue weighted by Crippen LogP contribution is -1.85. The van der Waals surface area contributed by atoms with Gasteiger partial charge >= 0.3 is 0 Å². The molecule has 0 aliphatic carbocycles. The van der Waals surface area contributed by atoms with Gasteiger partial charge in [0.05, 0.1) is 0 Å². The van der Waals surface area contributed by atoms with Crippen LogP contribution >= 0.6 is 0 Å². The highest BCUT2D eigenvalue weighted by molar-refractivity contribution is 4.87. The van der Waals surface area contributed by atoms with E-state index in [0.29, 0.717) is 5.92 Å². The van der Waals surface area contributed by atoms with Crippen LogP contribution in [0.15, 0.2) is 17.9 Å². The van der Waals surface area contributed by atoms with Crippen molar-refractivity contribution in [2.75, 3.05) is 0 Å². The molecule has 0 fully saturated rings. The molecular formula is C10H18. The van der Waals surface area contributed by atoms with Gasteiger partial charge in [-0.2, -0.15) is 0 Å². The summed E-state index contributed by atoms with van der Waals surface area (Å²) in [5, 5.41) is 0. The highest BCUT2D eigenvalue weighted by atomic mass is 14.0. The maximum absolute atomic E-state index is 3.17. The standard InChI is InChI=1S/C10H18/c1-4-6-7-9-10(3)8-5-2/h6,9-10H,4-5,8H2,1-3H3. The van der Waals surface area contributed by atoms with E-state index in [1.165, 1.54) is 12.8 Å². The molecule has 0 bridgehead atoms. The van der Waals surface area contributed by atoms with Gasteiger partial charge in [-0.1, -0.05) is 27.2 Å². The van der Waals surface area contributed by atoms with Gasteiger partial charge in [0.2, 0.25) is 0 Å². The molecule has 0 aliphatic rings. The minimum absolute atomic E-state index is 0.702. The van der Waals surface area contributed by atoms with Crippen LogP contribution in [0.5, 0.6) is 0 Å². The summed E-state index contributed by atoms with van der Waals surface area (Å²) in [7, 11) is 0. The van der Waals surface area contributed by atoms with Gasteiger partial charge in [0.1, 0.15) is 0 Å². The molecule has 0 radical (unpaired) electrons. The molecule has 58 valence electrons. The second-order valence-electron chi connectivity index (χ2n) is 2.71. The summed E-state index contributed by atoms with van der Waals surface area (Å²) in [5.74, 6) is 0.702. The van der Waals surface area contributed by atoms with Crippen molar-refractivity contribution < 1.29 is 0 Å². The van der Waals surface area contributed by atoms with Crippen LogP contribution in [0.2, 0.25) is 0 Å². The van der Waals surface area contributed by atoms with E-state index in [0.717, 1.165) is 6.42 Å². The van der Waals surface area contributed by atoms with Gasteiger partial charge in [0, 0.05) is 0 Å². The first-order chi connectivity index (χ1) is 4.81. The lowest BCUT2D eigenvalue weighted by atomic mass is 10.1. The molecule has 0 spiro atoms. The van der Waals surface area contributed by atoms with E-state index in [4.69, 9.17) is 0 Å². The Kier molecular flexibility index (Phi) is 6.32. The summed E-state index contributed by atoms with van der Waals surface area (Å²) in [6.45, 7) is 6.58. The van der Waals surface area contributed by atoms with Gasteiger partial charge in [-0.15, -0.1) is 5.73 Å². The molecule has 0 heteroatoms. The predicted octanol–water partition coefficient (Wildman–Crippen LogP) is 3.54. The third-order valence-electron chi connectivity index (χ3n) is 1.45. The van der Waals surface area contributed by atoms with Crippen LogP contribution < -0.4 is 0 Å². The Bertz CT molecular complexity index is 116. The van der Waals surface area contributed by atoms with Crippen LogP contribution in [0.3, 0.4) is 0 Å². The summed E-state index contributed by atoms with van der Waals surface area (Å²) in [4.78, 5) is 0. The molecule has 0 saturated carbocycles. The topological polar surface area (TPSA) is 0 Å². The molecule has 0 nitrogen and oxygen atoms in total. The number of hydrogen-bond acceptors (Lipinski definition) is 0. The monoisotopic (exact) mass is 138 g/mol. The summed E-state index contributed by atoms with van der Waals surface area (Å²) in [6, 6.07) is 0. The molecule has 0 aromatic heterocycles. The van der Waals surface area contributed by atoms with Crippen molar-refractivity contribution in [3.8, 4) is 0 Å². The van der Waals surface area contributed by atoms with Crippen molar-refractivity contribution in [1.29, 1.82) is 0 Å². The minimum atomic E-state index is 0.702. The predicted molar refractivity (Wildman–Crippen MR) is 47.0 cm³/mol. The second-order valence-corrected chi connectivity index (χ2v) is 2.71. The van der Waals surface area contributed by atoms with Crippen molar-refractivity contribution in [2.45, 2.75) is 40.0 Å². The molecule has 1 unspecified atom stereocenters.